The topological polar surface area (TPSA) is 42.7 Å². The molecule has 0 radical (unpaired) electrons. The molecule has 0 aliphatic heterocycles. The second-order valence-electron chi connectivity index (χ2n) is 5.60. The molecule has 0 saturated carbocycles. The van der Waals surface area contributed by atoms with E-state index in [1.807, 2.05) is 24.8 Å². The maximum absolute atomic E-state index is 4.81. The Morgan fingerprint density at radius 2 is 1.70 bits per heavy atom. The van der Waals surface area contributed by atoms with Gasteiger partial charge in [-0.3, -0.25) is 0 Å². The molecule has 0 unspecified atom stereocenters. The maximum atomic E-state index is 4.81. The van der Waals surface area contributed by atoms with Crippen molar-refractivity contribution >= 4 is 27.5 Å². The number of fused-ring (bicyclic) bond motifs is 3. The molecule has 0 aliphatic carbocycles. The molecule has 0 atom stereocenters. The molecule has 4 aromatic rings. The number of hydrogen-bond donors (Lipinski definition) is 1. The highest BCUT2D eigenvalue weighted by atomic mass is 15.0. The molecular weight excluding hydrogens is 284 g/mol. The summed E-state index contributed by atoms with van der Waals surface area (Å²) in [5.41, 5.74) is 1.03. The molecular formula is C19H18N4. The molecule has 2 aromatic carbocycles. The fourth-order valence-electron chi connectivity index (χ4n) is 2.93. The number of pyridine rings is 1. The van der Waals surface area contributed by atoms with Gasteiger partial charge in [-0.15, -0.1) is 0 Å². The van der Waals surface area contributed by atoms with Gasteiger partial charge in [-0.25, -0.2) is 9.97 Å². The zero-order valence-electron chi connectivity index (χ0n) is 12.8. The lowest BCUT2D eigenvalue weighted by molar-refractivity contribution is 0.660. The summed E-state index contributed by atoms with van der Waals surface area (Å²) in [5.74, 6) is 0.963. The van der Waals surface area contributed by atoms with Gasteiger partial charge in [0.2, 0.25) is 0 Å². The van der Waals surface area contributed by atoms with Gasteiger partial charge >= 0.3 is 0 Å². The summed E-state index contributed by atoms with van der Waals surface area (Å²) >= 11 is 0. The van der Waals surface area contributed by atoms with Crippen molar-refractivity contribution in [1.29, 1.82) is 0 Å². The molecule has 2 aromatic heterocycles. The van der Waals surface area contributed by atoms with Crippen LogP contribution in [0.2, 0.25) is 0 Å². The van der Waals surface area contributed by atoms with E-state index in [1.165, 1.54) is 16.2 Å². The fraction of sp³-hybridized carbons (Fsp3) is 0.158. The molecule has 0 fully saturated rings. The van der Waals surface area contributed by atoms with Crippen LogP contribution in [0.5, 0.6) is 0 Å². The second-order valence-corrected chi connectivity index (χ2v) is 5.60. The van der Waals surface area contributed by atoms with Crippen molar-refractivity contribution in [2.45, 2.75) is 13.0 Å². The summed E-state index contributed by atoms with van der Waals surface area (Å²) in [4.78, 5) is 8.87. The van der Waals surface area contributed by atoms with E-state index in [0.29, 0.717) is 0 Å². The number of rotatable bonds is 5. The van der Waals surface area contributed by atoms with Crippen LogP contribution in [0.4, 0.5) is 5.82 Å². The number of aromatic nitrogens is 3. The molecule has 4 heteroatoms. The van der Waals surface area contributed by atoms with Gasteiger partial charge in [0.05, 0.1) is 11.8 Å². The Morgan fingerprint density at radius 1 is 0.913 bits per heavy atom. The number of para-hydroxylation sites is 1. The maximum Gasteiger partial charge on any atom is 0.134 e. The summed E-state index contributed by atoms with van der Waals surface area (Å²) < 4.78 is 2.09. The highest BCUT2D eigenvalue weighted by molar-refractivity contribution is 6.09. The van der Waals surface area contributed by atoms with Gasteiger partial charge in [0.25, 0.3) is 0 Å². The Bertz CT molecular complexity index is 929. The molecule has 0 saturated heterocycles. The van der Waals surface area contributed by atoms with E-state index in [4.69, 9.17) is 4.98 Å². The van der Waals surface area contributed by atoms with Crippen molar-refractivity contribution in [3.63, 3.8) is 0 Å². The Balaban J connectivity index is 1.60. The first-order valence-electron chi connectivity index (χ1n) is 7.89. The van der Waals surface area contributed by atoms with Gasteiger partial charge in [0.15, 0.2) is 0 Å². The largest absolute Gasteiger partial charge is 0.369 e. The van der Waals surface area contributed by atoms with Crippen LogP contribution in [-0.2, 0) is 6.54 Å². The minimum atomic E-state index is 0.882. The number of aryl methyl sites for hydroxylation is 1. The van der Waals surface area contributed by atoms with Crippen LogP contribution in [0.25, 0.3) is 21.7 Å². The lowest BCUT2D eigenvalue weighted by atomic mass is 10.1. The first-order chi connectivity index (χ1) is 11.4. The van der Waals surface area contributed by atoms with Crippen LogP contribution in [0.3, 0.4) is 0 Å². The highest BCUT2D eigenvalue weighted by Gasteiger charge is 2.06. The van der Waals surface area contributed by atoms with Crippen molar-refractivity contribution in [3.8, 4) is 0 Å². The summed E-state index contributed by atoms with van der Waals surface area (Å²) in [7, 11) is 0. The van der Waals surface area contributed by atoms with Crippen LogP contribution in [-0.4, -0.2) is 21.1 Å². The van der Waals surface area contributed by atoms with Crippen LogP contribution in [0.15, 0.2) is 67.3 Å². The molecule has 4 nitrogen and oxygen atoms in total. The van der Waals surface area contributed by atoms with Gasteiger partial charge in [-0.2, -0.15) is 0 Å². The normalized spacial score (nSPS) is 11.1. The fourth-order valence-corrected chi connectivity index (χ4v) is 2.93. The lowest BCUT2D eigenvalue weighted by Crippen LogP contribution is -2.07. The quantitative estimate of drug-likeness (QED) is 0.446. The van der Waals surface area contributed by atoms with Gasteiger partial charge in [-0.1, -0.05) is 42.5 Å². The minimum Gasteiger partial charge on any atom is -0.369 e. The number of nitrogens with zero attached hydrogens (tertiary/aromatic N) is 3. The average molecular weight is 302 g/mol. The Labute approximate surface area is 134 Å². The number of benzene rings is 2. The van der Waals surface area contributed by atoms with E-state index in [0.717, 1.165) is 30.8 Å². The first-order valence-corrected chi connectivity index (χ1v) is 7.89. The average Bonchev–Trinajstić information content (AvgIpc) is 3.12. The van der Waals surface area contributed by atoms with E-state index in [-0.39, 0.29) is 0 Å². The minimum absolute atomic E-state index is 0.882. The third kappa shape index (κ3) is 2.75. The van der Waals surface area contributed by atoms with E-state index < -0.39 is 0 Å². The molecule has 0 aliphatic rings. The second kappa shape index (κ2) is 6.08. The Morgan fingerprint density at radius 3 is 2.52 bits per heavy atom. The molecule has 4 rings (SSSR count). The van der Waals surface area contributed by atoms with E-state index in [1.54, 1.807) is 0 Å². The van der Waals surface area contributed by atoms with Crippen LogP contribution >= 0.6 is 0 Å². The van der Waals surface area contributed by atoms with Crippen molar-refractivity contribution in [3.05, 3.63) is 67.3 Å². The van der Waals surface area contributed by atoms with Gasteiger partial charge < -0.3 is 9.88 Å². The first kappa shape index (κ1) is 13.8. The predicted molar refractivity (Wildman–Crippen MR) is 94.6 cm³/mol. The SMILES string of the molecule is c1ccc2c(c1)nc(NCCCn1ccnc1)c1ccccc12. The van der Waals surface area contributed by atoms with Crippen LogP contribution in [0.1, 0.15) is 6.42 Å². The number of imidazole rings is 1. The van der Waals surface area contributed by atoms with E-state index in [2.05, 4.69) is 57.3 Å². The summed E-state index contributed by atoms with van der Waals surface area (Å²) in [6, 6.07) is 16.7. The van der Waals surface area contributed by atoms with Crippen LogP contribution < -0.4 is 5.32 Å². The summed E-state index contributed by atoms with van der Waals surface area (Å²) in [6.07, 6.45) is 6.68. The van der Waals surface area contributed by atoms with Crippen LogP contribution in [0, 0.1) is 0 Å². The summed E-state index contributed by atoms with van der Waals surface area (Å²) in [5, 5.41) is 7.12. The third-order valence-electron chi connectivity index (χ3n) is 4.05. The van der Waals surface area contributed by atoms with Gasteiger partial charge in [-0.05, 0) is 17.9 Å². The zero-order valence-corrected chi connectivity index (χ0v) is 12.8. The smallest absolute Gasteiger partial charge is 0.134 e. The molecule has 0 amide bonds. The molecule has 2 heterocycles. The third-order valence-corrected chi connectivity index (χ3v) is 4.05. The lowest BCUT2D eigenvalue weighted by Gasteiger charge is -2.11. The molecule has 23 heavy (non-hydrogen) atoms. The Hall–Kier alpha value is -2.88. The molecule has 1 N–H and O–H groups in total. The molecule has 0 bridgehead atoms. The van der Waals surface area contributed by atoms with Crippen molar-refractivity contribution in [2.75, 3.05) is 11.9 Å². The van der Waals surface area contributed by atoms with Crippen molar-refractivity contribution < 1.29 is 0 Å². The number of nitrogens with one attached hydrogen (secondary N) is 1. The standard InChI is InChI=1S/C19H18N4/c1-2-8-17-15(6-1)16-7-3-4-9-18(16)22-19(17)21-10-5-12-23-13-11-20-14-23/h1-4,6-9,11,13-14H,5,10,12H2,(H,21,22). The van der Waals surface area contributed by atoms with E-state index in [9.17, 15) is 0 Å². The monoisotopic (exact) mass is 302 g/mol. The number of anilines is 1. The van der Waals surface area contributed by atoms with E-state index >= 15 is 0 Å². The predicted octanol–water partition coefficient (Wildman–Crippen LogP) is 4.09. The zero-order chi connectivity index (χ0) is 15.5. The van der Waals surface area contributed by atoms with Gasteiger partial charge in [0.1, 0.15) is 5.82 Å². The van der Waals surface area contributed by atoms with Crippen molar-refractivity contribution in [1.82, 2.24) is 14.5 Å². The van der Waals surface area contributed by atoms with Gasteiger partial charge in [0, 0.05) is 36.3 Å². The van der Waals surface area contributed by atoms with Crippen molar-refractivity contribution in [2.24, 2.45) is 0 Å². The molecule has 114 valence electrons. The number of hydrogen-bond acceptors (Lipinski definition) is 3. The Kier molecular flexibility index (Phi) is 3.64. The highest BCUT2D eigenvalue weighted by Crippen LogP contribution is 2.28. The molecule has 0 spiro atoms. The summed E-state index contributed by atoms with van der Waals surface area (Å²) in [6.45, 7) is 1.84.